The standard InChI is InChI=1S/C34H45FN4O9/c1-33(2,3)22-14-20(19-6-8-21(35)9-7-19)15-23-30(22)48-31(37-23)32(47)39-13-12-38(18-34(39,4)5)27(44)11-10-26(43)36-16-24(41)28(45)29(46)25(42)17-40/h6-9,14-15,24-25,28-29,40-42,45-46H,10-13,16-18H2,1-5H3,(H,36,43). The van der Waals surface area contributed by atoms with Gasteiger partial charge in [-0.05, 0) is 54.7 Å². The molecule has 0 saturated carbocycles. The second-order valence-corrected chi connectivity index (χ2v) is 13.8. The van der Waals surface area contributed by atoms with Crippen molar-refractivity contribution < 1.29 is 48.7 Å². The van der Waals surface area contributed by atoms with Crippen LogP contribution in [0.25, 0.3) is 22.2 Å². The SMILES string of the molecule is CC(C)(C)c1cc(-c2ccc(F)cc2)cc2nc(C(=O)N3CCN(C(=O)CCC(=O)NCC(O)C(O)C(O)C(O)CO)CC3(C)C)oc12. The first-order valence-electron chi connectivity index (χ1n) is 15.8. The molecule has 0 spiro atoms. The summed E-state index contributed by atoms with van der Waals surface area (Å²) in [7, 11) is 0. The van der Waals surface area contributed by atoms with Crippen LogP contribution in [0.3, 0.4) is 0 Å². The van der Waals surface area contributed by atoms with E-state index in [0.717, 1.165) is 16.7 Å². The number of aliphatic hydroxyl groups is 5. The number of nitrogens with zero attached hydrogens (tertiary/aromatic N) is 3. The highest BCUT2D eigenvalue weighted by Crippen LogP contribution is 2.36. The van der Waals surface area contributed by atoms with Crippen molar-refractivity contribution in [2.24, 2.45) is 0 Å². The van der Waals surface area contributed by atoms with Crippen molar-refractivity contribution >= 4 is 28.8 Å². The third kappa shape index (κ3) is 8.36. The van der Waals surface area contributed by atoms with Crippen LogP contribution in [0, 0.1) is 5.82 Å². The Bertz CT molecular complexity index is 1620. The molecule has 6 N–H and O–H groups in total. The number of fused-ring (bicyclic) bond motifs is 1. The van der Waals surface area contributed by atoms with E-state index >= 15 is 0 Å². The molecule has 0 aliphatic carbocycles. The largest absolute Gasteiger partial charge is 0.432 e. The molecule has 1 fully saturated rings. The molecular formula is C34H45FN4O9. The number of aliphatic hydroxyl groups excluding tert-OH is 5. The Kier molecular flexibility index (Phi) is 11.3. The second kappa shape index (κ2) is 14.7. The maximum atomic E-state index is 13.8. The smallest absolute Gasteiger partial charge is 0.310 e. The van der Waals surface area contributed by atoms with Crippen LogP contribution in [-0.4, -0.2) is 121 Å². The van der Waals surface area contributed by atoms with E-state index in [2.05, 4.69) is 10.3 Å². The van der Waals surface area contributed by atoms with Crippen molar-refractivity contribution in [1.29, 1.82) is 0 Å². The lowest BCUT2D eigenvalue weighted by atomic mass is 9.84. The number of carbonyl (C=O) groups is 3. The van der Waals surface area contributed by atoms with Gasteiger partial charge in [-0.15, -0.1) is 0 Å². The molecule has 48 heavy (non-hydrogen) atoms. The number of nitrogens with one attached hydrogen (secondary N) is 1. The van der Waals surface area contributed by atoms with Gasteiger partial charge in [-0.3, -0.25) is 14.4 Å². The lowest BCUT2D eigenvalue weighted by Gasteiger charge is -2.46. The van der Waals surface area contributed by atoms with E-state index in [1.165, 1.54) is 12.1 Å². The number of oxazole rings is 1. The summed E-state index contributed by atoms with van der Waals surface area (Å²) in [5, 5.41) is 50.2. The molecule has 2 heterocycles. The van der Waals surface area contributed by atoms with E-state index in [9.17, 15) is 39.2 Å². The zero-order chi connectivity index (χ0) is 35.6. The van der Waals surface area contributed by atoms with Gasteiger partial charge in [0.05, 0.1) is 18.2 Å². The van der Waals surface area contributed by atoms with E-state index in [-0.39, 0.29) is 55.5 Å². The summed E-state index contributed by atoms with van der Waals surface area (Å²) in [5.41, 5.74) is 2.27. The van der Waals surface area contributed by atoms with Gasteiger partial charge in [-0.1, -0.05) is 32.9 Å². The predicted octanol–water partition coefficient (Wildman–Crippen LogP) is 1.33. The fourth-order valence-corrected chi connectivity index (χ4v) is 5.72. The number of hydrogen-bond acceptors (Lipinski definition) is 10. The summed E-state index contributed by atoms with van der Waals surface area (Å²) in [6.07, 6.45) is -7.27. The van der Waals surface area contributed by atoms with Crippen LogP contribution < -0.4 is 5.32 Å². The number of aromatic nitrogens is 1. The number of rotatable bonds is 11. The van der Waals surface area contributed by atoms with Gasteiger partial charge in [0.2, 0.25) is 11.8 Å². The minimum atomic E-state index is -1.82. The molecule has 1 aliphatic heterocycles. The van der Waals surface area contributed by atoms with Crippen LogP contribution in [0.1, 0.15) is 63.7 Å². The van der Waals surface area contributed by atoms with Crippen LogP contribution in [0.15, 0.2) is 40.8 Å². The van der Waals surface area contributed by atoms with Crippen LogP contribution in [0.5, 0.6) is 0 Å². The molecular weight excluding hydrogens is 627 g/mol. The van der Waals surface area contributed by atoms with Gasteiger partial charge in [0.25, 0.3) is 5.89 Å². The van der Waals surface area contributed by atoms with Crippen molar-refractivity contribution in [2.45, 2.75) is 82.8 Å². The monoisotopic (exact) mass is 672 g/mol. The molecule has 14 heteroatoms. The van der Waals surface area contributed by atoms with E-state index in [1.807, 2.05) is 46.8 Å². The maximum Gasteiger partial charge on any atom is 0.310 e. The molecule has 4 rings (SSSR count). The van der Waals surface area contributed by atoms with Crippen LogP contribution >= 0.6 is 0 Å². The lowest BCUT2D eigenvalue weighted by Crippen LogP contribution is -2.62. The average molecular weight is 673 g/mol. The molecule has 3 aromatic rings. The highest BCUT2D eigenvalue weighted by atomic mass is 19.1. The molecule has 4 atom stereocenters. The minimum absolute atomic E-state index is 0.0815. The predicted molar refractivity (Wildman–Crippen MR) is 173 cm³/mol. The highest BCUT2D eigenvalue weighted by Gasteiger charge is 2.40. The van der Waals surface area contributed by atoms with Crippen molar-refractivity contribution in [3.05, 3.63) is 53.7 Å². The summed E-state index contributed by atoms with van der Waals surface area (Å²) in [6.45, 7) is 9.04. The van der Waals surface area contributed by atoms with Gasteiger partial charge in [0.15, 0.2) is 5.58 Å². The Balaban J connectivity index is 1.39. The molecule has 1 saturated heterocycles. The first-order chi connectivity index (χ1) is 22.4. The van der Waals surface area contributed by atoms with Gasteiger partial charge in [0.1, 0.15) is 29.6 Å². The highest BCUT2D eigenvalue weighted by molar-refractivity contribution is 5.95. The minimum Gasteiger partial charge on any atom is -0.432 e. The third-order valence-corrected chi connectivity index (χ3v) is 8.56. The summed E-state index contributed by atoms with van der Waals surface area (Å²) in [6, 6.07) is 9.91. The fraction of sp³-hybridized carbons (Fsp3) is 0.529. The molecule has 0 radical (unpaired) electrons. The summed E-state index contributed by atoms with van der Waals surface area (Å²) < 4.78 is 19.7. The topological polar surface area (TPSA) is 197 Å². The van der Waals surface area contributed by atoms with Crippen molar-refractivity contribution in [3.63, 3.8) is 0 Å². The number of halogens is 1. The quantitative estimate of drug-likeness (QED) is 0.173. The zero-order valence-corrected chi connectivity index (χ0v) is 27.8. The van der Waals surface area contributed by atoms with Gasteiger partial charge in [0, 0.05) is 44.6 Å². The van der Waals surface area contributed by atoms with Crippen LogP contribution in [0.2, 0.25) is 0 Å². The second-order valence-electron chi connectivity index (χ2n) is 13.8. The third-order valence-electron chi connectivity index (χ3n) is 8.56. The normalized spacial score (nSPS) is 17.6. The van der Waals surface area contributed by atoms with Gasteiger partial charge in [-0.2, -0.15) is 0 Å². The van der Waals surface area contributed by atoms with Crippen LogP contribution in [-0.2, 0) is 15.0 Å². The Morgan fingerprint density at radius 2 is 1.62 bits per heavy atom. The van der Waals surface area contributed by atoms with Crippen molar-refractivity contribution in [3.8, 4) is 11.1 Å². The maximum absolute atomic E-state index is 13.8. The average Bonchev–Trinajstić information content (AvgIpc) is 3.48. The fourth-order valence-electron chi connectivity index (χ4n) is 5.72. The molecule has 1 aromatic heterocycles. The Morgan fingerprint density at radius 3 is 2.23 bits per heavy atom. The first kappa shape index (κ1) is 36.9. The molecule has 13 nitrogen and oxygen atoms in total. The zero-order valence-electron chi connectivity index (χ0n) is 27.8. The van der Waals surface area contributed by atoms with Gasteiger partial charge in [-0.25, -0.2) is 9.37 Å². The summed E-state index contributed by atoms with van der Waals surface area (Å²) >= 11 is 0. The van der Waals surface area contributed by atoms with Crippen molar-refractivity contribution in [1.82, 2.24) is 20.1 Å². The number of benzene rings is 2. The van der Waals surface area contributed by atoms with Crippen molar-refractivity contribution in [2.75, 3.05) is 32.8 Å². The van der Waals surface area contributed by atoms with Gasteiger partial charge >= 0.3 is 5.91 Å². The van der Waals surface area contributed by atoms with E-state index in [0.29, 0.717) is 11.1 Å². The van der Waals surface area contributed by atoms with E-state index in [1.54, 1.807) is 21.9 Å². The van der Waals surface area contributed by atoms with E-state index in [4.69, 9.17) is 9.52 Å². The first-order valence-corrected chi connectivity index (χ1v) is 15.8. The van der Waals surface area contributed by atoms with Crippen LogP contribution in [0.4, 0.5) is 4.39 Å². The Morgan fingerprint density at radius 1 is 0.979 bits per heavy atom. The molecule has 262 valence electrons. The molecule has 4 unspecified atom stereocenters. The van der Waals surface area contributed by atoms with E-state index < -0.39 is 54.9 Å². The Labute approximate surface area is 278 Å². The number of piperazine rings is 1. The molecule has 1 aliphatic rings. The lowest BCUT2D eigenvalue weighted by molar-refractivity contribution is -0.137. The number of carbonyl (C=O) groups excluding carboxylic acids is 3. The molecule has 3 amide bonds. The summed E-state index contributed by atoms with van der Waals surface area (Å²) in [4.78, 5) is 46.9. The Hall–Kier alpha value is -3.95. The van der Waals surface area contributed by atoms with Gasteiger partial charge < -0.3 is 45.1 Å². The molecule has 0 bridgehead atoms. The molecule has 2 aromatic carbocycles. The number of hydrogen-bond donors (Lipinski definition) is 6. The summed E-state index contributed by atoms with van der Waals surface area (Å²) in [5.74, 6) is -1.74. The number of amides is 3.